The Morgan fingerprint density at radius 1 is 1.35 bits per heavy atom. The summed E-state index contributed by atoms with van der Waals surface area (Å²) in [6, 6.07) is 6.10. The van der Waals surface area contributed by atoms with Crippen molar-refractivity contribution in [2.75, 3.05) is 5.32 Å². The fourth-order valence-corrected chi connectivity index (χ4v) is 3.66. The summed E-state index contributed by atoms with van der Waals surface area (Å²) in [7, 11) is 0. The maximum Gasteiger partial charge on any atom is 0.241 e. The lowest BCUT2D eigenvalue weighted by Gasteiger charge is -2.24. The van der Waals surface area contributed by atoms with E-state index in [2.05, 4.69) is 10.6 Å². The minimum absolute atomic E-state index is 0.0542. The van der Waals surface area contributed by atoms with Gasteiger partial charge in [0.15, 0.2) is 0 Å². The van der Waals surface area contributed by atoms with E-state index in [1.807, 2.05) is 25.1 Å². The van der Waals surface area contributed by atoms with Crippen LogP contribution in [0, 0.1) is 12.8 Å². The van der Waals surface area contributed by atoms with Crippen LogP contribution in [0.25, 0.3) is 0 Å². The second-order valence-electron chi connectivity index (χ2n) is 6.01. The van der Waals surface area contributed by atoms with Crippen LogP contribution in [0.1, 0.15) is 37.7 Å². The number of carbonyl (C=O) groups excluding carboxylic acids is 1. The maximum atomic E-state index is 12.4. The van der Waals surface area contributed by atoms with Crippen molar-refractivity contribution in [1.29, 1.82) is 0 Å². The predicted molar refractivity (Wildman–Crippen MR) is 82.1 cm³/mol. The zero-order valence-corrected chi connectivity index (χ0v) is 12.5. The minimum atomic E-state index is -0.0542. The maximum absolute atomic E-state index is 12.4. The number of fused-ring (bicyclic) bond motifs is 1. The van der Waals surface area contributed by atoms with Crippen molar-refractivity contribution in [2.24, 2.45) is 5.92 Å². The summed E-state index contributed by atoms with van der Waals surface area (Å²) < 4.78 is 0. The van der Waals surface area contributed by atoms with Crippen molar-refractivity contribution < 1.29 is 4.79 Å². The third-order valence-electron chi connectivity index (χ3n) is 4.70. The molecular weight excluding hydrogens is 272 g/mol. The Kier molecular flexibility index (Phi) is 3.99. The molecule has 1 aromatic rings. The Hall–Kier alpha value is -1.06. The van der Waals surface area contributed by atoms with Gasteiger partial charge in [-0.1, -0.05) is 30.5 Å². The summed E-state index contributed by atoms with van der Waals surface area (Å²) in [5, 5.41) is 7.21. The SMILES string of the molecule is Cc1c(Cl)cccc1NC(=O)C1CC2CCCCC2N1. The number of nitrogens with one attached hydrogen (secondary N) is 2. The third kappa shape index (κ3) is 2.70. The number of hydrogen-bond acceptors (Lipinski definition) is 2. The van der Waals surface area contributed by atoms with Gasteiger partial charge in [0.25, 0.3) is 0 Å². The molecule has 4 heteroatoms. The van der Waals surface area contributed by atoms with E-state index in [1.54, 1.807) is 0 Å². The fraction of sp³-hybridized carbons (Fsp3) is 0.562. The largest absolute Gasteiger partial charge is 0.324 e. The van der Waals surface area contributed by atoms with Gasteiger partial charge in [0.05, 0.1) is 6.04 Å². The van der Waals surface area contributed by atoms with Crippen LogP contribution in [0.15, 0.2) is 18.2 Å². The van der Waals surface area contributed by atoms with Crippen molar-refractivity contribution in [1.82, 2.24) is 5.32 Å². The predicted octanol–water partition coefficient (Wildman–Crippen LogP) is 3.51. The van der Waals surface area contributed by atoms with Crippen LogP contribution in [0.2, 0.25) is 5.02 Å². The molecule has 2 N–H and O–H groups in total. The summed E-state index contributed by atoms with van der Waals surface area (Å²) in [5.41, 5.74) is 1.75. The van der Waals surface area contributed by atoms with Gasteiger partial charge in [-0.15, -0.1) is 0 Å². The molecule has 2 fully saturated rings. The monoisotopic (exact) mass is 292 g/mol. The van der Waals surface area contributed by atoms with E-state index in [0.29, 0.717) is 17.0 Å². The van der Waals surface area contributed by atoms with Crippen LogP contribution < -0.4 is 10.6 Å². The van der Waals surface area contributed by atoms with Gasteiger partial charge >= 0.3 is 0 Å². The zero-order valence-electron chi connectivity index (χ0n) is 11.8. The number of hydrogen-bond donors (Lipinski definition) is 2. The van der Waals surface area contributed by atoms with Crippen LogP contribution in [0.3, 0.4) is 0 Å². The van der Waals surface area contributed by atoms with Gasteiger partial charge in [0.2, 0.25) is 5.91 Å². The number of amides is 1. The molecule has 108 valence electrons. The van der Waals surface area contributed by atoms with E-state index in [4.69, 9.17) is 11.6 Å². The van der Waals surface area contributed by atoms with Crippen molar-refractivity contribution in [3.05, 3.63) is 28.8 Å². The molecule has 0 radical (unpaired) electrons. The molecule has 1 saturated heterocycles. The molecule has 0 aromatic heterocycles. The molecule has 1 saturated carbocycles. The summed E-state index contributed by atoms with van der Waals surface area (Å²) in [4.78, 5) is 12.4. The summed E-state index contributed by atoms with van der Waals surface area (Å²) in [5.74, 6) is 0.754. The first-order valence-corrected chi connectivity index (χ1v) is 7.85. The highest BCUT2D eigenvalue weighted by molar-refractivity contribution is 6.31. The first kappa shape index (κ1) is 13.9. The second kappa shape index (κ2) is 5.74. The van der Waals surface area contributed by atoms with Crippen LogP contribution in [0.5, 0.6) is 0 Å². The van der Waals surface area contributed by atoms with Crippen molar-refractivity contribution in [3.63, 3.8) is 0 Å². The van der Waals surface area contributed by atoms with E-state index in [0.717, 1.165) is 17.7 Å². The van der Waals surface area contributed by atoms with Gasteiger partial charge in [0, 0.05) is 16.8 Å². The lowest BCUT2D eigenvalue weighted by atomic mass is 9.85. The number of anilines is 1. The third-order valence-corrected chi connectivity index (χ3v) is 5.11. The number of carbonyl (C=O) groups is 1. The molecule has 1 heterocycles. The highest BCUT2D eigenvalue weighted by atomic mass is 35.5. The molecule has 1 aliphatic carbocycles. The molecular formula is C16H21ClN2O. The average molecular weight is 293 g/mol. The first-order chi connectivity index (χ1) is 9.65. The molecule has 3 rings (SSSR count). The molecule has 20 heavy (non-hydrogen) atoms. The van der Waals surface area contributed by atoms with E-state index < -0.39 is 0 Å². The van der Waals surface area contributed by atoms with E-state index in [-0.39, 0.29) is 11.9 Å². The fourth-order valence-electron chi connectivity index (χ4n) is 3.48. The average Bonchev–Trinajstić information content (AvgIpc) is 2.88. The van der Waals surface area contributed by atoms with Crippen molar-refractivity contribution in [2.45, 2.75) is 51.1 Å². The van der Waals surface area contributed by atoms with Crippen LogP contribution in [0.4, 0.5) is 5.69 Å². The summed E-state index contributed by atoms with van der Waals surface area (Å²) in [6.07, 6.45) is 6.04. The number of halogens is 1. The normalized spacial score (nSPS) is 29.0. The first-order valence-electron chi connectivity index (χ1n) is 7.47. The Morgan fingerprint density at radius 3 is 2.95 bits per heavy atom. The van der Waals surface area contributed by atoms with E-state index in [1.165, 1.54) is 25.7 Å². The minimum Gasteiger partial charge on any atom is -0.324 e. The number of rotatable bonds is 2. The molecule has 3 unspecified atom stereocenters. The van der Waals surface area contributed by atoms with Gasteiger partial charge in [-0.2, -0.15) is 0 Å². The smallest absolute Gasteiger partial charge is 0.241 e. The Balaban J connectivity index is 1.66. The molecule has 1 amide bonds. The Morgan fingerprint density at radius 2 is 2.15 bits per heavy atom. The number of benzene rings is 1. The van der Waals surface area contributed by atoms with Crippen LogP contribution in [-0.2, 0) is 4.79 Å². The summed E-state index contributed by atoms with van der Waals surface area (Å²) in [6.45, 7) is 1.93. The van der Waals surface area contributed by atoms with Crippen LogP contribution in [-0.4, -0.2) is 18.0 Å². The highest BCUT2D eigenvalue weighted by Gasteiger charge is 2.38. The Labute approximate surface area is 125 Å². The van der Waals surface area contributed by atoms with Gasteiger partial charge in [-0.3, -0.25) is 4.79 Å². The molecule has 3 nitrogen and oxygen atoms in total. The zero-order chi connectivity index (χ0) is 14.1. The lowest BCUT2D eigenvalue weighted by molar-refractivity contribution is -0.117. The molecule has 3 atom stereocenters. The topological polar surface area (TPSA) is 41.1 Å². The van der Waals surface area contributed by atoms with Gasteiger partial charge in [0.1, 0.15) is 0 Å². The Bertz CT molecular complexity index is 503. The van der Waals surface area contributed by atoms with Crippen molar-refractivity contribution in [3.8, 4) is 0 Å². The van der Waals surface area contributed by atoms with E-state index >= 15 is 0 Å². The second-order valence-corrected chi connectivity index (χ2v) is 6.41. The quantitative estimate of drug-likeness (QED) is 0.876. The molecule has 0 spiro atoms. The molecule has 2 aliphatic rings. The van der Waals surface area contributed by atoms with Gasteiger partial charge < -0.3 is 10.6 Å². The van der Waals surface area contributed by atoms with E-state index in [9.17, 15) is 4.79 Å². The van der Waals surface area contributed by atoms with Gasteiger partial charge in [-0.25, -0.2) is 0 Å². The molecule has 1 aliphatic heterocycles. The molecule has 0 bridgehead atoms. The molecule has 1 aromatic carbocycles. The van der Waals surface area contributed by atoms with Crippen LogP contribution >= 0.6 is 11.6 Å². The summed E-state index contributed by atoms with van der Waals surface area (Å²) >= 11 is 6.09. The standard InChI is InChI=1S/C16H21ClN2O/c1-10-12(17)6-4-8-13(10)19-16(20)15-9-11-5-2-3-7-14(11)18-15/h4,6,8,11,14-15,18H,2-3,5,7,9H2,1H3,(H,19,20). The van der Waals surface area contributed by atoms with Gasteiger partial charge in [-0.05, 0) is 49.8 Å². The highest BCUT2D eigenvalue weighted by Crippen LogP contribution is 2.33. The van der Waals surface area contributed by atoms with Crippen molar-refractivity contribution >= 4 is 23.2 Å². The lowest BCUT2D eigenvalue weighted by Crippen LogP contribution is -2.40.